The molecule has 2 N–H and O–H groups in total. The molecule has 0 atom stereocenters. The largest absolute Gasteiger partial charge is 0.345 e. The molecule has 0 aliphatic rings. The minimum Gasteiger partial charge on any atom is -0.325 e. The van der Waals surface area contributed by atoms with Gasteiger partial charge in [0.15, 0.2) is 0 Å². The molecule has 2 nitrogen and oxygen atoms in total. The van der Waals surface area contributed by atoms with Crippen LogP contribution in [0.4, 0.5) is 8.78 Å². The van der Waals surface area contributed by atoms with E-state index in [9.17, 15) is 8.78 Å². The normalized spacial score (nSPS) is 11.5. The van der Waals surface area contributed by atoms with Gasteiger partial charge in [-0.15, -0.1) is 12.4 Å². The summed E-state index contributed by atoms with van der Waals surface area (Å²) in [5.41, 5.74) is 5.08. The summed E-state index contributed by atoms with van der Waals surface area (Å²) in [7, 11) is 0. The number of nitrogens with two attached hydrogens (primary N) is 1. The summed E-state index contributed by atoms with van der Waals surface area (Å²) in [6.45, 7) is 0.868. The van der Waals surface area contributed by atoms with Crippen LogP contribution in [-0.2, 0) is 4.74 Å². The Morgan fingerprint density at radius 1 is 1.45 bits per heavy atom. The lowest BCUT2D eigenvalue weighted by Gasteiger charge is -2.17. The average molecular weight is 190 g/mol. The molecular formula is C6H14ClF2NO. The molecule has 0 aromatic carbocycles. The molecule has 0 aromatic heterocycles. The van der Waals surface area contributed by atoms with E-state index in [2.05, 4.69) is 4.74 Å². The van der Waals surface area contributed by atoms with Crippen molar-refractivity contribution in [1.29, 1.82) is 0 Å². The molecule has 0 heterocycles. The van der Waals surface area contributed by atoms with Crippen LogP contribution in [0.3, 0.4) is 0 Å². The van der Waals surface area contributed by atoms with Gasteiger partial charge in [-0.2, -0.15) is 8.78 Å². The fourth-order valence-electron chi connectivity index (χ4n) is 0.411. The van der Waals surface area contributed by atoms with E-state index < -0.39 is 12.2 Å². The third-order valence-corrected chi connectivity index (χ3v) is 0.990. The molecule has 0 saturated carbocycles. The number of halogens is 3. The highest BCUT2D eigenvalue weighted by molar-refractivity contribution is 5.85. The lowest BCUT2D eigenvalue weighted by Crippen LogP contribution is -2.33. The van der Waals surface area contributed by atoms with Crippen LogP contribution < -0.4 is 5.73 Å². The Morgan fingerprint density at radius 3 is 2.18 bits per heavy atom. The number of hydrogen-bond acceptors (Lipinski definition) is 2. The first-order valence-electron chi connectivity index (χ1n) is 3.10. The van der Waals surface area contributed by atoms with Crippen molar-refractivity contribution in [1.82, 2.24) is 0 Å². The summed E-state index contributed by atoms with van der Waals surface area (Å²) in [6, 6.07) is 0. The summed E-state index contributed by atoms with van der Waals surface area (Å²) in [4.78, 5) is 0. The molecule has 0 aliphatic carbocycles. The van der Waals surface area contributed by atoms with E-state index in [1.165, 1.54) is 0 Å². The quantitative estimate of drug-likeness (QED) is 0.732. The van der Waals surface area contributed by atoms with E-state index in [4.69, 9.17) is 5.73 Å². The topological polar surface area (TPSA) is 35.2 Å². The maximum atomic E-state index is 11.3. The molecule has 0 rings (SSSR count). The van der Waals surface area contributed by atoms with Gasteiger partial charge in [0.25, 0.3) is 0 Å². The van der Waals surface area contributed by atoms with Crippen LogP contribution in [0.5, 0.6) is 0 Å². The third-order valence-electron chi connectivity index (χ3n) is 0.990. The SMILES string of the molecule is CC(C)(N)CCOC(F)F.Cl. The van der Waals surface area contributed by atoms with Gasteiger partial charge in [-0.25, -0.2) is 0 Å². The minimum absolute atomic E-state index is 0. The summed E-state index contributed by atoms with van der Waals surface area (Å²) in [6.07, 6.45) is 0.442. The van der Waals surface area contributed by atoms with E-state index in [-0.39, 0.29) is 19.0 Å². The molecule has 0 saturated heterocycles. The second-order valence-corrected chi connectivity index (χ2v) is 2.87. The van der Waals surface area contributed by atoms with E-state index >= 15 is 0 Å². The Morgan fingerprint density at radius 2 is 1.91 bits per heavy atom. The molecule has 0 amide bonds. The average Bonchev–Trinajstić information content (AvgIpc) is 1.59. The zero-order valence-corrected chi connectivity index (χ0v) is 7.46. The molecule has 0 unspecified atom stereocenters. The Balaban J connectivity index is 0. The molecular weight excluding hydrogens is 176 g/mol. The first-order valence-corrected chi connectivity index (χ1v) is 3.10. The second-order valence-electron chi connectivity index (χ2n) is 2.87. The van der Waals surface area contributed by atoms with Crippen molar-refractivity contribution in [2.75, 3.05) is 6.61 Å². The van der Waals surface area contributed by atoms with Crippen LogP contribution in [0, 0.1) is 0 Å². The summed E-state index contributed by atoms with van der Waals surface area (Å²) >= 11 is 0. The van der Waals surface area contributed by atoms with E-state index in [0.29, 0.717) is 6.42 Å². The van der Waals surface area contributed by atoms with Crippen molar-refractivity contribution >= 4 is 12.4 Å². The monoisotopic (exact) mass is 189 g/mol. The van der Waals surface area contributed by atoms with Crippen LogP contribution in [0.1, 0.15) is 20.3 Å². The van der Waals surface area contributed by atoms with Gasteiger partial charge in [-0.05, 0) is 20.3 Å². The van der Waals surface area contributed by atoms with Crippen molar-refractivity contribution in [3.05, 3.63) is 0 Å². The molecule has 0 aromatic rings. The Hall–Kier alpha value is 0.0700. The van der Waals surface area contributed by atoms with Crippen molar-refractivity contribution in [3.8, 4) is 0 Å². The highest BCUT2D eigenvalue weighted by Gasteiger charge is 2.11. The third kappa shape index (κ3) is 13.1. The van der Waals surface area contributed by atoms with E-state index in [0.717, 1.165) is 0 Å². The van der Waals surface area contributed by atoms with Gasteiger partial charge >= 0.3 is 6.61 Å². The van der Waals surface area contributed by atoms with Gasteiger partial charge in [0.05, 0.1) is 6.61 Å². The summed E-state index contributed by atoms with van der Waals surface area (Å²) in [5, 5.41) is 0. The van der Waals surface area contributed by atoms with E-state index in [1.54, 1.807) is 13.8 Å². The van der Waals surface area contributed by atoms with Crippen molar-refractivity contribution < 1.29 is 13.5 Å². The zero-order valence-electron chi connectivity index (χ0n) is 6.64. The van der Waals surface area contributed by atoms with Crippen LogP contribution in [0.25, 0.3) is 0 Å². The van der Waals surface area contributed by atoms with Crippen molar-refractivity contribution in [3.63, 3.8) is 0 Å². The molecule has 0 fully saturated rings. The molecule has 70 valence electrons. The fourth-order valence-corrected chi connectivity index (χ4v) is 0.411. The number of alkyl halides is 2. The maximum absolute atomic E-state index is 11.3. The minimum atomic E-state index is -2.68. The van der Waals surface area contributed by atoms with Crippen molar-refractivity contribution in [2.45, 2.75) is 32.4 Å². The number of hydrogen-bond donors (Lipinski definition) is 1. The Labute approximate surface area is 71.5 Å². The van der Waals surface area contributed by atoms with E-state index in [1.807, 2.05) is 0 Å². The Bertz CT molecular complexity index is 95.1. The molecule has 0 aliphatic heterocycles. The predicted octanol–water partition coefficient (Wildman–Crippen LogP) is 1.77. The molecule has 0 bridgehead atoms. The fraction of sp³-hybridized carbons (Fsp3) is 1.00. The molecule has 0 radical (unpaired) electrons. The molecule has 0 spiro atoms. The first kappa shape index (κ1) is 13.6. The Kier molecular flexibility index (Phi) is 7.05. The van der Waals surface area contributed by atoms with Gasteiger partial charge in [-0.3, -0.25) is 0 Å². The zero-order chi connectivity index (χ0) is 8.20. The summed E-state index contributed by atoms with van der Waals surface area (Å²) < 4.78 is 26.7. The van der Waals surface area contributed by atoms with Crippen LogP contribution in [0.15, 0.2) is 0 Å². The summed E-state index contributed by atoms with van der Waals surface area (Å²) in [5.74, 6) is 0. The first-order chi connectivity index (χ1) is 4.42. The standard InChI is InChI=1S/C6H13F2NO.ClH/c1-6(2,9)3-4-10-5(7)8;/h5H,3-4,9H2,1-2H3;1H. The van der Waals surface area contributed by atoms with Crippen LogP contribution in [0.2, 0.25) is 0 Å². The lowest BCUT2D eigenvalue weighted by molar-refractivity contribution is -0.131. The number of ether oxygens (including phenoxy) is 1. The smallest absolute Gasteiger partial charge is 0.325 e. The molecule has 11 heavy (non-hydrogen) atoms. The van der Waals surface area contributed by atoms with Crippen molar-refractivity contribution in [2.24, 2.45) is 5.73 Å². The van der Waals surface area contributed by atoms with Gasteiger partial charge < -0.3 is 10.5 Å². The predicted molar refractivity (Wildman–Crippen MR) is 42.1 cm³/mol. The second kappa shape index (κ2) is 5.69. The lowest BCUT2D eigenvalue weighted by atomic mass is 10.0. The van der Waals surface area contributed by atoms with Gasteiger partial charge in [0, 0.05) is 5.54 Å². The molecule has 5 heteroatoms. The number of rotatable bonds is 4. The highest BCUT2D eigenvalue weighted by Crippen LogP contribution is 2.05. The van der Waals surface area contributed by atoms with Crippen LogP contribution >= 0.6 is 12.4 Å². The highest BCUT2D eigenvalue weighted by atomic mass is 35.5. The van der Waals surface area contributed by atoms with Gasteiger partial charge in [0.2, 0.25) is 0 Å². The maximum Gasteiger partial charge on any atom is 0.345 e. The van der Waals surface area contributed by atoms with Crippen LogP contribution in [-0.4, -0.2) is 18.8 Å². The van der Waals surface area contributed by atoms with Gasteiger partial charge in [-0.1, -0.05) is 0 Å². The van der Waals surface area contributed by atoms with Gasteiger partial charge in [0.1, 0.15) is 0 Å².